The molecule has 0 fully saturated rings. The molecular formula is C13H24ClN3O. The van der Waals surface area contributed by atoms with Gasteiger partial charge in [-0.2, -0.15) is 5.10 Å². The Bertz CT molecular complexity index is 375. The van der Waals surface area contributed by atoms with E-state index in [0.29, 0.717) is 12.6 Å². The Labute approximate surface area is 115 Å². The summed E-state index contributed by atoms with van der Waals surface area (Å²) in [7, 11) is 1.91. The third kappa shape index (κ3) is 3.46. The summed E-state index contributed by atoms with van der Waals surface area (Å²) >= 11 is 6.28. The minimum absolute atomic E-state index is 0.172. The monoisotopic (exact) mass is 273 g/mol. The molecule has 1 heterocycles. The molecule has 0 saturated carbocycles. The maximum absolute atomic E-state index is 9.20. The summed E-state index contributed by atoms with van der Waals surface area (Å²) in [4.78, 5) is 2.28. The zero-order valence-electron chi connectivity index (χ0n) is 11.8. The van der Waals surface area contributed by atoms with Crippen LogP contribution in [0.4, 0.5) is 0 Å². The zero-order valence-corrected chi connectivity index (χ0v) is 12.5. The van der Waals surface area contributed by atoms with Crippen LogP contribution >= 0.6 is 11.6 Å². The third-order valence-corrected chi connectivity index (χ3v) is 3.95. The van der Waals surface area contributed by atoms with E-state index < -0.39 is 0 Å². The van der Waals surface area contributed by atoms with E-state index in [-0.39, 0.29) is 6.61 Å². The first-order chi connectivity index (χ1) is 8.54. The maximum Gasteiger partial charge on any atom is 0.0860 e. The molecule has 4 nitrogen and oxygen atoms in total. The number of aliphatic hydroxyl groups is 1. The highest BCUT2D eigenvalue weighted by Crippen LogP contribution is 2.22. The number of hydrogen-bond acceptors (Lipinski definition) is 3. The highest BCUT2D eigenvalue weighted by Gasteiger charge is 2.19. The SMILES string of the molecule is CCC(CC)N(CCO)Cc1c(Cl)c(C)nn1C. The van der Waals surface area contributed by atoms with Gasteiger partial charge in [0.25, 0.3) is 0 Å². The molecule has 0 aromatic carbocycles. The van der Waals surface area contributed by atoms with Crippen molar-refractivity contribution in [3.63, 3.8) is 0 Å². The van der Waals surface area contributed by atoms with Crippen LogP contribution in [0.5, 0.6) is 0 Å². The number of rotatable bonds is 7. The van der Waals surface area contributed by atoms with Crippen LogP contribution in [0.15, 0.2) is 0 Å². The lowest BCUT2D eigenvalue weighted by Crippen LogP contribution is -2.36. The Morgan fingerprint density at radius 2 is 2.00 bits per heavy atom. The summed E-state index contributed by atoms with van der Waals surface area (Å²) in [5.41, 5.74) is 1.89. The van der Waals surface area contributed by atoms with Crippen LogP contribution in [0.25, 0.3) is 0 Å². The van der Waals surface area contributed by atoms with E-state index in [2.05, 4.69) is 23.8 Å². The molecule has 0 radical (unpaired) electrons. The number of nitrogens with zero attached hydrogens (tertiary/aromatic N) is 3. The molecule has 0 spiro atoms. The quantitative estimate of drug-likeness (QED) is 0.829. The van der Waals surface area contributed by atoms with Crippen molar-refractivity contribution in [3.8, 4) is 0 Å². The number of hydrogen-bond donors (Lipinski definition) is 1. The summed E-state index contributed by atoms with van der Waals surface area (Å²) in [6, 6.07) is 0.475. The van der Waals surface area contributed by atoms with Crippen LogP contribution in [0.1, 0.15) is 38.1 Å². The molecule has 0 atom stereocenters. The molecule has 0 aliphatic heterocycles. The Hall–Kier alpha value is -0.580. The van der Waals surface area contributed by atoms with Gasteiger partial charge in [-0.1, -0.05) is 25.4 Å². The lowest BCUT2D eigenvalue weighted by atomic mass is 10.1. The minimum atomic E-state index is 0.172. The van der Waals surface area contributed by atoms with Gasteiger partial charge >= 0.3 is 0 Å². The third-order valence-electron chi connectivity index (χ3n) is 3.46. The molecule has 0 amide bonds. The fourth-order valence-corrected chi connectivity index (χ4v) is 2.59. The van der Waals surface area contributed by atoms with Gasteiger partial charge < -0.3 is 5.11 Å². The van der Waals surface area contributed by atoms with Crippen LogP contribution in [0.2, 0.25) is 5.02 Å². The van der Waals surface area contributed by atoms with Gasteiger partial charge in [-0.15, -0.1) is 0 Å². The van der Waals surface area contributed by atoms with Crippen LogP contribution in [-0.4, -0.2) is 39.0 Å². The van der Waals surface area contributed by atoms with Gasteiger partial charge in [0.05, 0.1) is 23.0 Å². The van der Waals surface area contributed by atoms with Crippen molar-refractivity contribution in [3.05, 3.63) is 16.4 Å². The number of halogens is 1. The molecule has 0 aliphatic carbocycles. The first kappa shape index (κ1) is 15.5. The van der Waals surface area contributed by atoms with Crippen molar-refractivity contribution in [2.45, 2.75) is 46.2 Å². The second-order valence-corrected chi connectivity index (χ2v) is 5.01. The number of aliphatic hydroxyl groups excluding tert-OH is 1. The van der Waals surface area contributed by atoms with Crippen molar-refractivity contribution < 1.29 is 5.11 Å². The fourth-order valence-electron chi connectivity index (χ4n) is 2.37. The molecule has 1 N–H and O–H groups in total. The highest BCUT2D eigenvalue weighted by molar-refractivity contribution is 6.31. The smallest absolute Gasteiger partial charge is 0.0860 e. The van der Waals surface area contributed by atoms with Crippen LogP contribution in [0, 0.1) is 6.92 Å². The summed E-state index contributed by atoms with van der Waals surface area (Å²) in [6.07, 6.45) is 2.15. The average Bonchev–Trinajstić information content (AvgIpc) is 2.57. The highest BCUT2D eigenvalue weighted by atomic mass is 35.5. The predicted molar refractivity (Wildman–Crippen MR) is 74.8 cm³/mol. The van der Waals surface area contributed by atoms with Gasteiger partial charge in [-0.05, 0) is 19.8 Å². The molecule has 104 valence electrons. The average molecular weight is 274 g/mol. The largest absolute Gasteiger partial charge is 0.395 e. The molecule has 1 aromatic heterocycles. The first-order valence-electron chi connectivity index (χ1n) is 6.57. The molecule has 5 heteroatoms. The van der Waals surface area contributed by atoms with E-state index in [0.717, 1.165) is 35.8 Å². The second-order valence-electron chi connectivity index (χ2n) is 4.63. The van der Waals surface area contributed by atoms with Gasteiger partial charge in [0, 0.05) is 26.2 Å². The van der Waals surface area contributed by atoms with E-state index in [1.807, 2.05) is 18.7 Å². The molecule has 0 aliphatic rings. The number of aromatic nitrogens is 2. The molecule has 0 unspecified atom stereocenters. The Balaban J connectivity index is 2.88. The molecule has 0 saturated heterocycles. The Kier molecular flexibility index (Phi) is 6.12. The molecule has 1 aromatic rings. The summed E-state index contributed by atoms with van der Waals surface area (Å²) in [6.45, 7) is 7.85. The first-order valence-corrected chi connectivity index (χ1v) is 6.95. The second kappa shape index (κ2) is 7.12. The summed E-state index contributed by atoms with van der Waals surface area (Å²) in [5.74, 6) is 0. The molecular weight excluding hydrogens is 250 g/mol. The van der Waals surface area contributed by atoms with Gasteiger partial charge in [0.15, 0.2) is 0 Å². The minimum Gasteiger partial charge on any atom is -0.395 e. The van der Waals surface area contributed by atoms with Crippen LogP contribution in [-0.2, 0) is 13.6 Å². The van der Waals surface area contributed by atoms with E-state index in [4.69, 9.17) is 11.6 Å². The van der Waals surface area contributed by atoms with Crippen molar-refractivity contribution in [2.24, 2.45) is 7.05 Å². The number of aryl methyl sites for hydroxylation is 2. The summed E-state index contributed by atoms with van der Waals surface area (Å²) < 4.78 is 1.84. The fraction of sp³-hybridized carbons (Fsp3) is 0.769. The lowest BCUT2D eigenvalue weighted by molar-refractivity contribution is 0.134. The Morgan fingerprint density at radius 1 is 1.39 bits per heavy atom. The van der Waals surface area contributed by atoms with E-state index in [9.17, 15) is 5.11 Å². The van der Waals surface area contributed by atoms with Crippen molar-refractivity contribution in [1.82, 2.24) is 14.7 Å². The van der Waals surface area contributed by atoms with E-state index in [1.165, 1.54) is 0 Å². The van der Waals surface area contributed by atoms with Crippen LogP contribution in [0.3, 0.4) is 0 Å². The summed E-state index contributed by atoms with van der Waals surface area (Å²) in [5, 5.41) is 14.3. The topological polar surface area (TPSA) is 41.3 Å². The van der Waals surface area contributed by atoms with Crippen molar-refractivity contribution >= 4 is 11.6 Å². The van der Waals surface area contributed by atoms with Crippen molar-refractivity contribution in [1.29, 1.82) is 0 Å². The van der Waals surface area contributed by atoms with Gasteiger partial charge in [0.1, 0.15) is 0 Å². The zero-order chi connectivity index (χ0) is 13.7. The Morgan fingerprint density at radius 3 is 2.39 bits per heavy atom. The van der Waals surface area contributed by atoms with E-state index >= 15 is 0 Å². The van der Waals surface area contributed by atoms with Crippen molar-refractivity contribution in [2.75, 3.05) is 13.2 Å². The van der Waals surface area contributed by atoms with E-state index in [1.54, 1.807) is 0 Å². The predicted octanol–water partition coefficient (Wildman–Crippen LogP) is 2.36. The molecule has 0 bridgehead atoms. The van der Waals surface area contributed by atoms with Gasteiger partial charge in [0.2, 0.25) is 0 Å². The van der Waals surface area contributed by atoms with Gasteiger partial charge in [-0.3, -0.25) is 9.58 Å². The van der Waals surface area contributed by atoms with Gasteiger partial charge in [-0.25, -0.2) is 0 Å². The molecule has 18 heavy (non-hydrogen) atoms. The normalized spacial score (nSPS) is 11.8. The maximum atomic E-state index is 9.20. The lowest BCUT2D eigenvalue weighted by Gasteiger charge is -2.29. The standard InChI is InChI=1S/C13H24ClN3O/c1-5-11(6-2)17(7-8-18)9-12-13(14)10(3)15-16(12)4/h11,18H,5-9H2,1-4H3. The van der Waals surface area contributed by atoms with Crippen LogP contribution < -0.4 is 0 Å². The molecule has 1 rings (SSSR count).